The molecule has 2 aliphatic heterocycles. The number of hydrogen-bond acceptors (Lipinski definition) is 4. The van der Waals surface area contributed by atoms with Crippen molar-refractivity contribution in [2.45, 2.75) is 64.6 Å². The van der Waals surface area contributed by atoms with Gasteiger partial charge in [0, 0.05) is 6.61 Å². The Morgan fingerprint density at radius 3 is 1.83 bits per heavy atom. The van der Waals surface area contributed by atoms with E-state index in [0.29, 0.717) is 30.0 Å². The van der Waals surface area contributed by atoms with Crippen molar-refractivity contribution in [2.24, 2.45) is 35.5 Å². The van der Waals surface area contributed by atoms with Crippen molar-refractivity contribution < 1.29 is 18.9 Å². The smallest absolute Gasteiger partial charge is 0.104 e. The van der Waals surface area contributed by atoms with Crippen molar-refractivity contribution in [1.29, 1.82) is 0 Å². The van der Waals surface area contributed by atoms with Gasteiger partial charge in [-0.25, -0.2) is 0 Å². The highest BCUT2D eigenvalue weighted by atomic mass is 16.6. The normalized spacial score (nSPS) is 39.3. The molecule has 2 saturated carbocycles. The average Bonchev–Trinajstić information content (AvgIpc) is 3.69. The molecule has 172 valence electrons. The maximum absolute atomic E-state index is 5.74. The van der Waals surface area contributed by atoms with Crippen LogP contribution in [0.3, 0.4) is 0 Å². The van der Waals surface area contributed by atoms with Crippen LogP contribution >= 0.6 is 0 Å². The van der Waals surface area contributed by atoms with E-state index < -0.39 is 0 Å². The van der Waals surface area contributed by atoms with E-state index in [4.69, 9.17) is 18.9 Å². The maximum atomic E-state index is 5.74. The Balaban J connectivity index is 0.000000171. The van der Waals surface area contributed by atoms with Gasteiger partial charge in [0.2, 0.25) is 0 Å². The van der Waals surface area contributed by atoms with E-state index in [0.717, 1.165) is 57.4 Å². The number of allylic oxidation sites excluding steroid dienone is 2. The largest absolute Gasteiger partial charge is 0.378 e. The van der Waals surface area contributed by atoms with Crippen LogP contribution < -0.4 is 0 Å². The highest BCUT2D eigenvalue weighted by Crippen LogP contribution is 2.40. The third-order valence-electron chi connectivity index (χ3n) is 7.54. The van der Waals surface area contributed by atoms with Crippen LogP contribution in [0.15, 0.2) is 25.3 Å². The standard InChI is InChI=1S/C13H24O2.C13H20O2/c2*1-3-10-5-11(4-2)12(6-10)7-14-8-13-9-15-13/h10-13H,3-9H2,1-2H3;3-4,10-13H,1-2,5-9H2. The minimum Gasteiger partial charge on any atom is -0.378 e. The molecule has 8 unspecified atom stereocenters. The van der Waals surface area contributed by atoms with Crippen molar-refractivity contribution in [3.05, 3.63) is 25.3 Å². The molecule has 0 N–H and O–H groups in total. The minimum atomic E-state index is 0.379. The van der Waals surface area contributed by atoms with Gasteiger partial charge in [0.15, 0.2) is 0 Å². The van der Waals surface area contributed by atoms with Gasteiger partial charge in [-0.15, -0.1) is 13.2 Å². The Kier molecular flexibility index (Phi) is 9.89. The first-order valence-corrected chi connectivity index (χ1v) is 12.3. The van der Waals surface area contributed by atoms with Crippen LogP contribution in [0.5, 0.6) is 0 Å². The summed E-state index contributed by atoms with van der Waals surface area (Å²) in [6, 6.07) is 0. The van der Waals surface area contributed by atoms with Gasteiger partial charge in [-0.1, -0.05) is 38.8 Å². The summed E-state index contributed by atoms with van der Waals surface area (Å²) in [7, 11) is 0. The maximum Gasteiger partial charge on any atom is 0.104 e. The highest BCUT2D eigenvalue weighted by Gasteiger charge is 2.33. The first kappa shape index (κ1) is 24.0. The van der Waals surface area contributed by atoms with E-state index in [1.807, 2.05) is 0 Å². The molecule has 30 heavy (non-hydrogen) atoms. The van der Waals surface area contributed by atoms with E-state index in [2.05, 4.69) is 39.2 Å². The summed E-state index contributed by atoms with van der Waals surface area (Å²) in [5.74, 6) is 4.57. The van der Waals surface area contributed by atoms with E-state index in [1.54, 1.807) is 0 Å². The van der Waals surface area contributed by atoms with Gasteiger partial charge in [-0.3, -0.25) is 0 Å². The van der Waals surface area contributed by atoms with Crippen LogP contribution in [-0.4, -0.2) is 51.8 Å². The molecule has 2 heterocycles. The lowest BCUT2D eigenvalue weighted by Gasteiger charge is -2.17. The second kappa shape index (κ2) is 12.4. The minimum absolute atomic E-state index is 0.379. The summed E-state index contributed by atoms with van der Waals surface area (Å²) in [6.07, 6.45) is 12.8. The van der Waals surface area contributed by atoms with E-state index in [1.165, 1.54) is 38.5 Å². The van der Waals surface area contributed by atoms with Gasteiger partial charge in [0.1, 0.15) is 12.2 Å². The van der Waals surface area contributed by atoms with Crippen LogP contribution in [0.4, 0.5) is 0 Å². The van der Waals surface area contributed by atoms with Gasteiger partial charge in [-0.05, 0) is 61.2 Å². The zero-order valence-electron chi connectivity index (χ0n) is 19.3. The zero-order valence-corrected chi connectivity index (χ0v) is 19.3. The predicted molar refractivity (Wildman–Crippen MR) is 122 cm³/mol. The van der Waals surface area contributed by atoms with Crippen molar-refractivity contribution in [3.8, 4) is 0 Å². The molecule has 0 bridgehead atoms. The van der Waals surface area contributed by atoms with Gasteiger partial charge in [0.25, 0.3) is 0 Å². The SMILES string of the molecule is C=CC1CC(C=C)C(COCC2CO2)C1.CCC1CC(CC)C(COCC2CO2)C1. The Labute approximate surface area is 184 Å². The molecular weight excluding hydrogens is 376 g/mol. The lowest BCUT2D eigenvalue weighted by atomic mass is 9.94. The van der Waals surface area contributed by atoms with E-state index in [9.17, 15) is 0 Å². The van der Waals surface area contributed by atoms with E-state index >= 15 is 0 Å². The quantitative estimate of drug-likeness (QED) is 0.318. The molecule has 2 aliphatic carbocycles. The molecule has 0 aromatic rings. The topological polar surface area (TPSA) is 43.5 Å². The molecule has 0 amide bonds. The predicted octanol–water partition coefficient (Wildman–Crippen LogP) is 5.28. The van der Waals surface area contributed by atoms with Crippen LogP contribution in [0.1, 0.15) is 52.4 Å². The fourth-order valence-corrected chi connectivity index (χ4v) is 5.28. The molecule has 0 aromatic heterocycles. The summed E-state index contributed by atoms with van der Waals surface area (Å²) in [5.41, 5.74) is 0. The number of epoxide rings is 2. The van der Waals surface area contributed by atoms with E-state index in [-0.39, 0.29) is 0 Å². The Morgan fingerprint density at radius 2 is 1.33 bits per heavy atom. The summed E-state index contributed by atoms with van der Waals surface area (Å²) in [5, 5.41) is 0. The fourth-order valence-electron chi connectivity index (χ4n) is 5.28. The first-order valence-electron chi connectivity index (χ1n) is 12.3. The van der Waals surface area contributed by atoms with Crippen LogP contribution in [0.2, 0.25) is 0 Å². The molecule has 4 rings (SSSR count). The third-order valence-corrected chi connectivity index (χ3v) is 7.54. The Hall–Kier alpha value is -0.680. The second-order valence-corrected chi connectivity index (χ2v) is 9.79. The molecule has 2 saturated heterocycles. The van der Waals surface area contributed by atoms with Crippen molar-refractivity contribution in [3.63, 3.8) is 0 Å². The first-order chi connectivity index (χ1) is 14.7. The van der Waals surface area contributed by atoms with Crippen LogP contribution in [-0.2, 0) is 18.9 Å². The molecule has 0 radical (unpaired) electrons. The summed E-state index contributed by atoms with van der Waals surface area (Å²) in [4.78, 5) is 0. The van der Waals surface area contributed by atoms with Crippen molar-refractivity contribution in [2.75, 3.05) is 39.6 Å². The molecule has 0 spiro atoms. The summed E-state index contributed by atoms with van der Waals surface area (Å²) in [6.45, 7) is 17.6. The number of ether oxygens (including phenoxy) is 4. The molecule has 4 nitrogen and oxygen atoms in total. The van der Waals surface area contributed by atoms with Gasteiger partial charge in [-0.2, -0.15) is 0 Å². The lowest BCUT2D eigenvalue weighted by molar-refractivity contribution is 0.0729. The number of rotatable bonds is 12. The lowest BCUT2D eigenvalue weighted by Crippen LogP contribution is -2.16. The number of hydrogen-bond donors (Lipinski definition) is 0. The van der Waals surface area contributed by atoms with Crippen molar-refractivity contribution >= 4 is 0 Å². The molecular formula is C26H44O4. The molecule has 0 aromatic carbocycles. The monoisotopic (exact) mass is 420 g/mol. The highest BCUT2D eigenvalue weighted by molar-refractivity contribution is 4.98. The van der Waals surface area contributed by atoms with Gasteiger partial charge < -0.3 is 18.9 Å². The molecule has 4 aliphatic rings. The van der Waals surface area contributed by atoms with Crippen molar-refractivity contribution in [1.82, 2.24) is 0 Å². The molecule has 8 atom stereocenters. The second-order valence-electron chi connectivity index (χ2n) is 9.79. The molecule has 4 heteroatoms. The fraction of sp³-hybridized carbons (Fsp3) is 0.846. The summed E-state index contributed by atoms with van der Waals surface area (Å²) < 4.78 is 21.7. The Morgan fingerprint density at radius 1 is 0.733 bits per heavy atom. The summed E-state index contributed by atoms with van der Waals surface area (Å²) >= 11 is 0. The zero-order chi connectivity index (χ0) is 21.3. The van der Waals surface area contributed by atoms with Gasteiger partial charge >= 0.3 is 0 Å². The molecule has 4 fully saturated rings. The van der Waals surface area contributed by atoms with Crippen LogP contribution in [0, 0.1) is 35.5 Å². The van der Waals surface area contributed by atoms with Gasteiger partial charge in [0.05, 0.1) is 33.0 Å². The Bertz CT molecular complexity index is 513. The van der Waals surface area contributed by atoms with Crippen LogP contribution in [0.25, 0.3) is 0 Å². The third kappa shape index (κ3) is 7.78. The average molecular weight is 421 g/mol.